The molecule has 94 valence electrons. The molecule has 0 unspecified atom stereocenters. The van der Waals surface area contributed by atoms with Crippen molar-refractivity contribution < 1.29 is 4.74 Å². The van der Waals surface area contributed by atoms with E-state index in [9.17, 15) is 0 Å². The molecule has 0 radical (unpaired) electrons. The van der Waals surface area contributed by atoms with Crippen LogP contribution >= 0.6 is 0 Å². The number of morpholine rings is 1. The van der Waals surface area contributed by atoms with Gasteiger partial charge in [0.25, 0.3) is 0 Å². The molecule has 0 aromatic rings. The van der Waals surface area contributed by atoms with Gasteiger partial charge in [-0.3, -0.25) is 9.80 Å². The van der Waals surface area contributed by atoms with Gasteiger partial charge in [0.1, 0.15) is 0 Å². The predicted molar refractivity (Wildman–Crippen MR) is 66.7 cm³/mol. The summed E-state index contributed by atoms with van der Waals surface area (Å²) in [4.78, 5) is 5.19. The highest BCUT2D eigenvalue weighted by atomic mass is 16.5. The van der Waals surface area contributed by atoms with Crippen LogP contribution in [0.3, 0.4) is 0 Å². The zero-order chi connectivity index (χ0) is 12.0. The van der Waals surface area contributed by atoms with Crippen LogP contribution in [0.2, 0.25) is 0 Å². The largest absolute Gasteiger partial charge is 0.378 e. The van der Waals surface area contributed by atoms with Crippen LogP contribution in [0.5, 0.6) is 0 Å². The van der Waals surface area contributed by atoms with E-state index in [2.05, 4.69) is 44.4 Å². The molecular formula is C13H26N2O. The first-order valence-corrected chi connectivity index (χ1v) is 6.45. The summed E-state index contributed by atoms with van der Waals surface area (Å²) in [6.45, 7) is 16.7. The molecule has 2 fully saturated rings. The highest BCUT2D eigenvalue weighted by Gasteiger charge is 2.52. The molecule has 0 aromatic heterocycles. The molecule has 2 saturated heterocycles. The van der Waals surface area contributed by atoms with Gasteiger partial charge in [-0.05, 0) is 34.6 Å². The minimum absolute atomic E-state index is 0.297. The van der Waals surface area contributed by atoms with E-state index < -0.39 is 0 Å². The van der Waals surface area contributed by atoms with Crippen molar-refractivity contribution in [3.63, 3.8) is 0 Å². The maximum Gasteiger partial charge on any atom is 0.0702 e. The second kappa shape index (κ2) is 3.97. The van der Waals surface area contributed by atoms with E-state index in [1.807, 2.05) is 0 Å². The predicted octanol–water partition coefficient (Wildman–Crippen LogP) is 1.58. The van der Waals surface area contributed by atoms with Gasteiger partial charge < -0.3 is 4.74 Å². The number of nitrogens with zero attached hydrogens (tertiary/aromatic N) is 2. The van der Waals surface area contributed by atoms with Gasteiger partial charge in [-0.2, -0.15) is 0 Å². The van der Waals surface area contributed by atoms with E-state index in [4.69, 9.17) is 4.74 Å². The van der Waals surface area contributed by atoms with Gasteiger partial charge in [-0.15, -0.1) is 0 Å². The lowest BCUT2D eigenvalue weighted by atomic mass is 9.82. The molecule has 3 heteroatoms. The molecule has 2 heterocycles. The smallest absolute Gasteiger partial charge is 0.0702 e. The van der Waals surface area contributed by atoms with Crippen molar-refractivity contribution in [2.45, 2.75) is 51.7 Å². The Hall–Kier alpha value is -0.120. The van der Waals surface area contributed by atoms with Crippen molar-refractivity contribution in [1.82, 2.24) is 9.80 Å². The van der Waals surface area contributed by atoms with Crippen molar-refractivity contribution in [3.05, 3.63) is 0 Å². The van der Waals surface area contributed by atoms with Crippen LogP contribution in [0.1, 0.15) is 34.6 Å². The SMILES string of the molecule is CC(C)N1CCOCC12CN(C(C)(C)C)C2. The molecule has 3 nitrogen and oxygen atoms in total. The molecule has 2 aliphatic heterocycles. The molecule has 0 amide bonds. The standard InChI is InChI=1S/C13H26N2O/c1-11(2)15-6-7-16-10-13(15)8-14(9-13)12(3,4)5/h11H,6-10H2,1-5H3. The molecule has 1 spiro atoms. The number of ether oxygens (including phenoxy) is 1. The van der Waals surface area contributed by atoms with Crippen molar-refractivity contribution in [3.8, 4) is 0 Å². The van der Waals surface area contributed by atoms with Gasteiger partial charge in [0.15, 0.2) is 0 Å². The third-order valence-corrected chi connectivity index (χ3v) is 4.00. The van der Waals surface area contributed by atoms with Crippen molar-refractivity contribution in [2.24, 2.45) is 0 Å². The van der Waals surface area contributed by atoms with Crippen LogP contribution in [-0.2, 0) is 4.74 Å². The summed E-state index contributed by atoms with van der Waals surface area (Å²) in [5.74, 6) is 0. The minimum Gasteiger partial charge on any atom is -0.378 e. The fourth-order valence-electron chi connectivity index (χ4n) is 2.96. The topological polar surface area (TPSA) is 15.7 Å². The molecule has 0 N–H and O–H groups in total. The maximum atomic E-state index is 5.70. The summed E-state index contributed by atoms with van der Waals surface area (Å²) < 4.78 is 5.70. The van der Waals surface area contributed by atoms with Crippen LogP contribution < -0.4 is 0 Å². The zero-order valence-corrected chi connectivity index (χ0v) is 11.4. The van der Waals surface area contributed by atoms with E-state index >= 15 is 0 Å². The van der Waals surface area contributed by atoms with E-state index in [1.165, 1.54) is 0 Å². The minimum atomic E-state index is 0.297. The van der Waals surface area contributed by atoms with Crippen LogP contribution in [0.25, 0.3) is 0 Å². The Morgan fingerprint density at radius 1 is 1.19 bits per heavy atom. The molecule has 2 rings (SSSR count). The van der Waals surface area contributed by atoms with Crippen molar-refractivity contribution >= 4 is 0 Å². The summed E-state index contributed by atoms with van der Waals surface area (Å²) in [6, 6.07) is 0.631. The highest BCUT2D eigenvalue weighted by Crippen LogP contribution is 2.36. The van der Waals surface area contributed by atoms with Crippen LogP contribution in [0.4, 0.5) is 0 Å². The Balaban J connectivity index is 2.03. The summed E-state index contributed by atoms with van der Waals surface area (Å²) >= 11 is 0. The van der Waals surface area contributed by atoms with Crippen LogP contribution in [-0.4, -0.2) is 59.8 Å². The lowest BCUT2D eigenvalue weighted by Gasteiger charge is -2.62. The molecule has 0 bridgehead atoms. The molecule has 0 atom stereocenters. The number of hydrogen-bond donors (Lipinski definition) is 0. The Morgan fingerprint density at radius 2 is 1.81 bits per heavy atom. The third-order valence-electron chi connectivity index (χ3n) is 4.00. The van der Waals surface area contributed by atoms with E-state index in [0.29, 0.717) is 17.1 Å². The Bertz CT molecular complexity index is 251. The molecule has 2 aliphatic rings. The van der Waals surface area contributed by atoms with Crippen molar-refractivity contribution in [1.29, 1.82) is 0 Å². The first-order chi connectivity index (χ1) is 7.35. The Kier molecular flexibility index (Phi) is 3.06. The number of hydrogen-bond acceptors (Lipinski definition) is 3. The van der Waals surface area contributed by atoms with Gasteiger partial charge in [-0.1, -0.05) is 0 Å². The van der Waals surface area contributed by atoms with Gasteiger partial charge >= 0.3 is 0 Å². The van der Waals surface area contributed by atoms with Gasteiger partial charge in [0.05, 0.1) is 18.8 Å². The average Bonchev–Trinajstić information content (AvgIpc) is 2.12. The summed E-state index contributed by atoms with van der Waals surface area (Å²) in [7, 11) is 0. The lowest BCUT2D eigenvalue weighted by Crippen LogP contribution is -2.78. The Morgan fingerprint density at radius 3 is 2.31 bits per heavy atom. The highest BCUT2D eigenvalue weighted by molar-refractivity contribution is 5.09. The normalized spacial score (nSPS) is 27.4. The molecule has 0 aliphatic carbocycles. The van der Waals surface area contributed by atoms with Crippen LogP contribution in [0.15, 0.2) is 0 Å². The Labute approximate surface area is 99.7 Å². The maximum absolute atomic E-state index is 5.70. The molecule has 0 aromatic carbocycles. The summed E-state index contributed by atoms with van der Waals surface area (Å²) in [5.41, 5.74) is 0.602. The molecule has 0 saturated carbocycles. The van der Waals surface area contributed by atoms with E-state index in [1.54, 1.807) is 0 Å². The quantitative estimate of drug-likeness (QED) is 0.675. The summed E-state index contributed by atoms with van der Waals surface area (Å²) in [5, 5.41) is 0. The summed E-state index contributed by atoms with van der Waals surface area (Å²) in [6.07, 6.45) is 0. The molecular weight excluding hydrogens is 200 g/mol. The third kappa shape index (κ3) is 2.01. The first-order valence-electron chi connectivity index (χ1n) is 6.45. The fraction of sp³-hybridized carbons (Fsp3) is 1.00. The second-order valence-corrected chi connectivity index (χ2v) is 6.59. The van der Waals surface area contributed by atoms with Gasteiger partial charge in [-0.25, -0.2) is 0 Å². The fourth-order valence-corrected chi connectivity index (χ4v) is 2.96. The lowest BCUT2D eigenvalue weighted by molar-refractivity contribution is -0.171. The van der Waals surface area contributed by atoms with Gasteiger partial charge in [0, 0.05) is 31.2 Å². The van der Waals surface area contributed by atoms with E-state index in [0.717, 1.165) is 32.8 Å². The molecule has 16 heavy (non-hydrogen) atoms. The zero-order valence-electron chi connectivity index (χ0n) is 11.4. The van der Waals surface area contributed by atoms with Crippen LogP contribution in [0, 0.1) is 0 Å². The average molecular weight is 226 g/mol. The first kappa shape index (κ1) is 12.3. The second-order valence-electron chi connectivity index (χ2n) is 6.59. The van der Waals surface area contributed by atoms with Crippen molar-refractivity contribution in [2.75, 3.05) is 32.8 Å². The monoisotopic (exact) mass is 226 g/mol. The number of likely N-dealkylation sites (tertiary alicyclic amines) is 1. The van der Waals surface area contributed by atoms with Gasteiger partial charge in [0.2, 0.25) is 0 Å². The van der Waals surface area contributed by atoms with E-state index in [-0.39, 0.29) is 0 Å². The number of rotatable bonds is 1.